The molecule has 0 aliphatic heterocycles. The van der Waals surface area contributed by atoms with E-state index in [-0.39, 0.29) is 11.9 Å². The molecule has 0 aliphatic carbocycles. The van der Waals surface area contributed by atoms with Gasteiger partial charge < -0.3 is 9.47 Å². The van der Waals surface area contributed by atoms with Crippen molar-refractivity contribution in [3.63, 3.8) is 0 Å². The number of unbranched alkanes of at least 4 members (excludes halogenated alkanes) is 7. The fraction of sp³-hybridized carbons (Fsp3) is 0.545. The molecular weight excluding hydrogens is 592 g/mol. The molecule has 0 bridgehead atoms. The van der Waals surface area contributed by atoms with Crippen LogP contribution < -0.4 is 0 Å². The maximum atomic E-state index is 10.9. The van der Waals surface area contributed by atoms with Gasteiger partial charge in [0.2, 0.25) is 0 Å². The Bertz CT molecular complexity index is 972. The Balaban J connectivity index is 0. The van der Waals surface area contributed by atoms with Crippen LogP contribution in [0.2, 0.25) is 0 Å². The summed E-state index contributed by atoms with van der Waals surface area (Å²) in [5.74, 6) is -0.251. The van der Waals surface area contributed by atoms with Gasteiger partial charge in [0.15, 0.2) is 0 Å². The number of allylic oxidation sites excluding steroid dienone is 18. The van der Waals surface area contributed by atoms with E-state index in [1.54, 1.807) is 0 Å². The summed E-state index contributed by atoms with van der Waals surface area (Å²) in [4.78, 5) is 21.8. The number of ether oxygens (including phenoxy) is 2. The molecular formula is C44H70O4. The van der Waals surface area contributed by atoms with Crippen molar-refractivity contribution in [2.45, 2.75) is 142 Å². The van der Waals surface area contributed by atoms with Crippen LogP contribution in [-0.2, 0) is 19.1 Å². The first-order valence-electron chi connectivity index (χ1n) is 18.6. The van der Waals surface area contributed by atoms with Gasteiger partial charge in [-0.15, -0.1) is 0 Å². The predicted octanol–water partition coefficient (Wildman–Crippen LogP) is 13.2. The number of hydrogen-bond donors (Lipinski definition) is 0. The molecule has 0 aliphatic rings. The quantitative estimate of drug-likeness (QED) is 0.0454. The second kappa shape index (κ2) is 43.6. The molecule has 0 rings (SSSR count). The third-order valence-corrected chi connectivity index (χ3v) is 7.04. The van der Waals surface area contributed by atoms with E-state index in [2.05, 4.69) is 133 Å². The van der Waals surface area contributed by atoms with Crippen molar-refractivity contribution in [1.29, 1.82) is 0 Å². The molecule has 0 unspecified atom stereocenters. The van der Waals surface area contributed by atoms with Gasteiger partial charge in [-0.2, -0.15) is 0 Å². The number of carbonyl (C=O) groups excluding carboxylic acids is 2. The lowest BCUT2D eigenvalue weighted by molar-refractivity contribution is -0.141. The summed E-state index contributed by atoms with van der Waals surface area (Å²) in [5.41, 5.74) is 0. The Hall–Kier alpha value is -3.40. The van der Waals surface area contributed by atoms with Crippen LogP contribution >= 0.6 is 0 Å². The number of esters is 2. The first-order chi connectivity index (χ1) is 23.6. The third kappa shape index (κ3) is 44.7. The van der Waals surface area contributed by atoms with E-state index >= 15 is 0 Å². The van der Waals surface area contributed by atoms with E-state index in [0.29, 0.717) is 12.8 Å². The summed E-state index contributed by atoms with van der Waals surface area (Å²) in [7, 11) is 2.86. The summed E-state index contributed by atoms with van der Waals surface area (Å²) in [6, 6.07) is 0. The second-order valence-corrected chi connectivity index (χ2v) is 11.5. The molecule has 0 saturated carbocycles. The normalized spacial score (nSPS) is 12.4. The minimum Gasteiger partial charge on any atom is -0.469 e. The molecule has 0 aromatic carbocycles. The zero-order chi connectivity index (χ0) is 35.4. The second-order valence-electron chi connectivity index (χ2n) is 11.5. The van der Waals surface area contributed by atoms with Crippen molar-refractivity contribution in [2.24, 2.45) is 0 Å². The minimum absolute atomic E-state index is 0.124. The lowest BCUT2D eigenvalue weighted by Gasteiger charge is -1.95. The lowest BCUT2D eigenvalue weighted by atomic mass is 10.1. The van der Waals surface area contributed by atoms with Crippen LogP contribution in [0.1, 0.15) is 142 Å². The summed E-state index contributed by atoms with van der Waals surface area (Å²) in [6.07, 6.45) is 60.3. The van der Waals surface area contributed by atoms with Gasteiger partial charge >= 0.3 is 11.9 Å². The van der Waals surface area contributed by atoms with Crippen molar-refractivity contribution in [3.05, 3.63) is 109 Å². The zero-order valence-electron chi connectivity index (χ0n) is 31.2. The van der Waals surface area contributed by atoms with Crippen LogP contribution in [0.25, 0.3) is 0 Å². The summed E-state index contributed by atoms with van der Waals surface area (Å²) in [6.45, 7) is 4.45. The van der Waals surface area contributed by atoms with Crippen molar-refractivity contribution < 1.29 is 19.1 Å². The van der Waals surface area contributed by atoms with Gasteiger partial charge in [0.25, 0.3) is 0 Å². The molecule has 4 heteroatoms. The van der Waals surface area contributed by atoms with Crippen LogP contribution in [-0.4, -0.2) is 26.2 Å². The molecule has 0 heterocycles. The Morgan fingerprint density at radius 2 is 0.646 bits per heavy atom. The predicted molar refractivity (Wildman–Crippen MR) is 210 cm³/mol. The molecule has 0 amide bonds. The summed E-state index contributed by atoms with van der Waals surface area (Å²) in [5, 5.41) is 0. The minimum atomic E-state index is -0.127. The van der Waals surface area contributed by atoms with Crippen molar-refractivity contribution in [3.8, 4) is 0 Å². The van der Waals surface area contributed by atoms with Gasteiger partial charge in [0, 0.05) is 12.8 Å². The highest BCUT2D eigenvalue weighted by atomic mass is 16.5. The SMILES string of the molecule is CCC/C=C\C/C=C\C/C=C\C/C=C\C/C=C\CCCC(=O)OC.CCCCCC/C=C\C/C=C\C/C=C\C/C=C\CCCC(=O)OC. The molecule has 0 aromatic heterocycles. The number of hydrogen-bond acceptors (Lipinski definition) is 4. The topological polar surface area (TPSA) is 52.6 Å². The van der Waals surface area contributed by atoms with E-state index < -0.39 is 0 Å². The molecule has 0 radical (unpaired) electrons. The van der Waals surface area contributed by atoms with Gasteiger partial charge in [-0.1, -0.05) is 149 Å². The molecule has 4 nitrogen and oxygen atoms in total. The Kier molecular flexibility index (Phi) is 42.4. The average Bonchev–Trinajstić information content (AvgIpc) is 3.10. The molecule has 0 spiro atoms. The Morgan fingerprint density at radius 3 is 0.938 bits per heavy atom. The molecule has 0 saturated heterocycles. The highest BCUT2D eigenvalue weighted by Gasteiger charge is 1.97. The van der Waals surface area contributed by atoms with Gasteiger partial charge in [0.1, 0.15) is 0 Å². The maximum Gasteiger partial charge on any atom is 0.305 e. The van der Waals surface area contributed by atoms with Crippen LogP contribution in [0.15, 0.2) is 109 Å². The molecule has 270 valence electrons. The third-order valence-electron chi connectivity index (χ3n) is 7.04. The Morgan fingerprint density at radius 1 is 0.354 bits per heavy atom. The lowest BCUT2D eigenvalue weighted by Crippen LogP contribution is -1.98. The standard InChI is InChI=1S/C22H36O2.C22H34O2/c2*1-3-4-5-6-7-8-9-10-11-12-13-14-15-16-17-18-19-20-21-22(23)24-2/h8-9,11-12,14-15,17-18H,3-7,10,13,16,19-21H2,1-2H3;5-6,8-9,11-12,14-15,17-18H,3-4,7,10,13,16,19-21H2,1-2H3/b9-8-,12-11-,15-14-,18-17-;6-5-,9-8-,12-11-,15-14-,18-17-. The van der Waals surface area contributed by atoms with Gasteiger partial charge in [-0.3, -0.25) is 9.59 Å². The first-order valence-corrected chi connectivity index (χ1v) is 18.6. The van der Waals surface area contributed by atoms with Crippen LogP contribution in [0.5, 0.6) is 0 Å². The zero-order valence-corrected chi connectivity index (χ0v) is 31.2. The fourth-order valence-corrected chi connectivity index (χ4v) is 4.16. The molecule has 0 aromatic rings. The smallest absolute Gasteiger partial charge is 0.305 e. The van der Waals surface area contributed by atoms with E-state index in [4.69, 9.17) is 0 Å². The number of carbonyl (C=O) groups is 2. The number of rotatable bonds is 29. The van der Waals surface area contributed by atoms with Gasteiger partial charge in [0.05, 0.1) is 14.2 Å². The fourth-order valence-electron chi connectivity index (χ4n) is 4.16. The molecule has 0 fully saturated rings. The highest BCUT2D eigenvalue weighted by Crippen LogP contribution is 2.04. The van der Waals surface area contributed by atoms with Crippen molar-refractivity contribution in [1.82, 2.24) is 0 Å². The van der Waals surface area contributed by atoms with Crippen LogP contribution in [0.3, 0.4) is 0 Å². The van der Waals surface area contributed by atoms with Crippen LogP contribution in [0.4, 0.5) is 0 Å². The molecule has 0 N–H and O–H groups in total. The first kappa shape index (κ1) is 46.7. The van der Waals surface area contributed by atoms with E-state index in [0.717, 1.165) is 70.6 Å². The average molecular weight is 663 g/mol. The summed E-state index contributed by atoms with van der Waals surface area (Å²) < 4.78 is 9.19. The van der Waals surface area contributed by atoms with Gasteiger partial charge in [-0.05, 0) is 89.9 Å². The van der Waals surface area contributed by atoms with E-state index in [9.17, 15) is 9.59 Å². The van der Waals surface area contributed by atoms with E-state index in [1.165, 1.54) is 59.2 Å². The van der Waals surface area contributed by atoms with Crippen LogP contribution in [0, 0.1) is 0 Å². The van der Waals surface area contributed by atoms with Crippen molar-refractivity contribution in [2.75, 3.05) is 14.2 Å². The van der Waals surface area contributed by atoms with Crippen molar-refractivity contribution >= 4 is 11.9 Å². The number of methoxy groups -OCH3 is 2. The monoisotopic (exact) mass is 663 g/mol. The highest BCUT2D eigenvalue weighted by molar-refractivity contribution is 5.69. The molecule has 48 heavy (non-hydrogen) atoms. The molecule has 0 atom stereocenters. The maximum absolute atomic E-state index is 10.9. The van der Waals surface area contributed by atoms with E-state index in [1.807, 2.05) is 0 Å². The van der Waals surface area contributed by atoms with Gasteiger partial charge in [-0.25, -0.2) is 0 Å². The summed E-state index contributed by atoms with van der Waals surface area (Å²) >= 11 is 0. The largest absolute Gasteiger partial charge is 0.469 e. The Labute approximate surface area is 296 Å².